The van der Waals surface area contributed by atoms with Crippen LogP contribution in [0, 0.1) is 0 Å². The highest BCUT2D eigenvalue weighted by Crippen LogP contribution is 2.28. The Labute approximate surface area is 86.7 Å². The van der Waals surface area contributed by atoms with E-state index in [1.165, 1.54) is 11.8 Å². The Hall–Kier alpha value is 0.150. The molecule has 1 aliphatic heterocycles. The molecule has 0 radical (unpaired) electrons. The van der Waals surface area contributed by atoms with Crippen LogP contribution in [0.4, 0.5) is 0 Å². The zero-order valence-corrected chi connectivity index (χ0v) is 8.72. The molecular formula is C8H16O5S. The summed E-state index contributed by atoms with van der Waals surface area (Å²) in [4.78, 5) is 0. The van der Waals surface area contributed by atoms with Gasteiger partial charge in [-0.05, 0) is 5.75 Å². The molecule has 4 N–H and O–H groups in total. The summed E-state index contributed by atoms with van der Waals surface area (Å²) in [5, 5.41) is 36.8. The summed E-state index contributed by atoms with van der Waals surface area (Å²) in [5.74, 6) is 0.707. The quantitative estimate of drug-likeness (QED) is 0.468. The third-order valence-electron chi connectivity index (χ3n) is 2.20. The second-order valence-corrected chi connectivity index (χ2v) is 4.60. The van der Waals surface area contributed by atoms with Crippen molar-refractivity contribution >= 4 is 11.8 Å². The second kappa shape index (κ2) is 5.29. The first-order valence-corrected chi connectivity index (χ1v) is 5.58. The van der Waals surface area contributed by atoms with Crippen LogP contribution in [-0.2, 0) is 4.74 Å². The molecule has 0 aliphatic carbocycles. The number of hydrogen-bond acceptors (Lipinski definition) is 6. The normalized spacial score (nSPS) is 43.9. The fraction of sp³-hybridized carbons (Fsp3) is 1.00. The molecule has 1 heterocycles. The summed E-state index contributed by atoms with van der Waals surface area (Å²) in [6.07, 6.45) is -4.27. The van der Waals surface area contributed by atoms with Crippen molar-refractivity contribution in [3.63, 3.8) is 0 Å². The fourth-order valence-electron chi connectivity index (χ4n) is 1.44. The summed E-state index contributed by atoms with van der Waals surface area (Å²) in [6, 6.07) is 0. The zero-order chi connectivity index (χ0) is 10.7. The summed E-state index contributed by atoms with van der Waals surface area (Å²) in [7, 11) is 0. The molecule has 0 unspecified atom stereocenters. The lowest BCUT2D eigenvalue weighted by molar-refractivity contribution is -0.234. The largest absolute Gasteiger partial charge is 0.394 e. The highest BCUT2D eigenvalue weighted by atomic mass is 32.2. The third-order valence-corrected chi connectivity index (χ3v) is 3.43. The van der Waals surface area contributed by atoms with E-state index in [4.69, 9.17) is 9.84 Å². The predicted octanol–water partition coefficient (Wildman–Crippen LogP) is -1.46. The molecule has 1 aliphatic rings. The van der Waals surface area contributed by atoms with E-state index < -0.39 is 36.5 Å². The van der Waals surface area contributed by atoms with Crippen molar-refractivity contribution in [1.82, 2.24) is 0 Å². The Morgan fingerprint density at radius 2 is 1.86 bits per heavy atom. The fourth-order valence-corrected chi connectivity index (χ4v) is 2.42. The number of aliphatic hydroxyl groups excluding tert-OH is 4. The third kappa shape index (κ3) is 2.39. The van der Waals surface area contributed by atoms with Gasteiger partial charge in [-0.15, -0.1) is 0 Å². The van der Waals surface area contributed by atoms with Crippen LogP contribution < -0.4 is 0 Å². The maximum absolute atomic E-state index is 9.62. The lowest BCUT2D eigenvalue weighted by Crippen LogP contribution is -2.57. The molecule has 0 aromatic heterocycles. The van der Waals surface area contributed by atoms with E-state index in [1.54, 1.807) is 0 Å². The molecule has 0 aromatic rings. The molecule has 1 fully saturated rings. The monoisotopic (exact) mass is 224 g/mol. The van der Waals surface area contributed by atoms with Crippen molar-refractivity contribution in [2.45, 2.75) is 36.8 Å². The van der Waals surface area contributed by atoms with Gasteiger partial charge in [0.25, 0.3) is 0 Å². The van der Waals surface area contributed by atoms with Gasteiger partial charge in [0.1, 0.15) is 12.2 Å². The lowest BCUT2D eigenvalue weighted by atomic mass is 10.0. The molecular weight excluding hydrogens is 208 g/mol. The van der Waals surface area contributed by atoms with Crippen LogP contribution in [0.1, 0.15) is 6.92 Å². The van der Waals surface area contributed by atoms with Gasteiger partial charge < -0.3 is 25.2 Å². The van der Waals surface area contributed by atoms with Gasteiger partial charge >= 0.3 is 0 Å². The van der Waals surface area contributed by atoms with Gasteiger partial charge in [0.05, 0.1) is 18.0 Å². The van der Waals surface area contributed by atoms with E-state index in [1.807, 2.05) is 6.92 Å². The zero-order valence-electron chi connectivity index (χ0n) is 7.91. The Morgan fingerprint density at radius 1 is 1.21 bits per heavy atom. The van der Waals surface area contributed by atoms with Crippen LogP contribution in [0.3, 0.4) is 0 Å². The predicted molar refractivity (Wildman–Crippen MR) is 51.9 cm³/mol. The Bertz CT molecular complexity index is 179. The number of rotatable bonds is 3. The minimum atomic E-state index is -1.15. The summed E-state index contributed by atoms with van der Waals surface area (Å²) >= 11 is 1.32. The summed E-state index contributed by atoms with van der Waals surface area (Å²) in [6.45, 7) is 1.47. The van der Waals surface area contributed by atoms with E-state index in [0.29, 0.717) is 5.75 Å². The molecule has 14 heavy (non-hydrogen) atoms. The Kier molecular flexibility index (Phi) is 4.62. The van der Waals surface area contributed by atoms with E-state index in [2.05, 4.69) is 0 Å². The van der Waals surface area contributed by atoms with Crippen molar-refractivity contribution in [2.75, 3.05) is 12.4 Å². The molecule has 0 spiro atoms. The first-order valence-electron chi connectivity index (χ1n) is 4.54. The number of ether oxygens (including phenoxy) is 1. The maximum Gasteiger partial charge on any atom is 0.169 e. The number of aliphatic hydroxyl groups is 4. The molecule has 0 saturated carbocycles. The minimum absolute atomic E-state index is 0.418. The Balaban J connectivity index is 2.63. The average molecular weight is 224 g/mol. The highest BCUT2D eigenvalue weighted by molar-refractivity contribution is 7.99. The van der Waals surface area contributed by atoms with E-state index >= 15 is 0 Å². The van der Waals surface area contributed by atoms with Gasteiger partial charge in [0.2, 0.25) is 0 Å². The molecule has 84 valence electrons. The van der Waals surface area contributed by atoms with Crippen LogP contribution >= 0.6 is 11.8 Å². The van der Waals surface area contributed by atoms with Gasteiger partial charge in [0.15, 0.2) is 6.29 Å². The molecule has 5 atom stereocenters. The molecule has 0 bridgehead atoms. The van der Waals surface area contributed by atoms with Crippen LogP contribution in [0.5, 0.6) is 0 Å². The molecule has 0 aromatic carbocycles. The molecule has 6 heteroatoms. The smallest absolute Gasteiger partial charge is 0.169 e. The SMILES string of the molecule is CCS[C@@H]1[C@@H](O)[C@H](O)[C@H](CO)O[C@@H]1O. The van der Waals surface area contributed by atoms with Gasteiger partial charge in [-0.1, -0.05) is 6.92 Å². The van der Waals surface area contributed by atoms with Crippen molar-refractivity contribution in [3.05, 3.63) is 0 Å². The molecule has 0 amide bonds. The van der Waals surface area contributed by atoms with Crippen molar-refractivity contribution in [1.29, 1.82) is 0 Å². The first-order chi connectivity index (χ1) is 6.61. The van der Waals surface area contributed by atoms with Crippen LogP contribution in [0.15, 0.2) is 0 Å². The highest BCUT2D eigenvalue weighted by Gasteiger charge is 2.43. The van der Waals surface area contributed by atoms with E-state index in [9.17, 15) is 15.3 Å². The molecule has 5 nitrogen and oxygen atoms in total. The van der Waals surface area contributed by atoms with Gasteiger partial charge in [-0.25, -0.2) is 0 Å². The molecule has 1 rings (SSSR count). The van der Waals surface area contributed by atoms with Crippen molar-refractivity contribution in [2.24, 2.45) is 0 Å². The lowest BCUT2D eigenvalue weighted by Gasteiger charge is -2.39. The maximum atomic E-state index is 9.62. The van der Waals surface area contributed by atoms with Crippen molar-refractivity contribution in [3.8, 4) is 0 Å². The number of hydrogen-bond donors (Lipinski definition) is 4. The van der Waals surface area contributed by atoms with Crippen LogP contribution in [-0.4, -0.2) is 62.6 Å². The van der Waals surface area contributed by atoms with Gasteiger partial charge in [-0.3, -0.25) is 0 Å². The van der Waals surface area contributed by atoms with Crippen LogP contribution in [0.2, 0.25) is 0 Å². The van der Waals surface area contributed by atoms with Crippen LogP contribution in [0.25, 0.3) is 0 Å². The first kappa shape index (κ1) is 12.2. The average Bonchev–Trinajstić information content (AvgIpc) is 2.18. The van der Waals surface area contributed by atoms with Gasteiger partial charge in [-0.2, -0.15) is 11.8 Å². The standard InChI is InChI=1S/C8H16O5S/c1-2-14-7-6(11)5(10)4(3-9)13-8(7)12/h4-12H,2-3H2,1H3/t4-,5+,6-,7+,8-/m0/s1. The summed E-state index contributed by atoms with van der Waals surface area (Å²) in [5.41, 5.74) is 0. The second-order valence-electron chi connectivity index (χ2n) is 3.15. The summed E-state index contributed by atoms with van der Waals surface area (Å²) < 4.78 is 4.96. The van der Waals surface area contributed by atoms with Gasteiger partial charge in [0, 0.05) is 0 Å². The van der Waals surface area contributed by atoms with E-state index in [0.717, 1.165) is 0 Å². The minimum Gasteiger partial charge on any atom is -0.394 e. The van der Waals surface area contributed by atoms with Crippen molar-refractivity contribution < 1.29 is 25.2 Å². The van der Waals surface area contributed by atoms with E-state index in [-0.39, 0.29) is 0 Å². The Morgan fingerprint density at radius 3 is 2.36 bits per heavy atom. The number of thioether (sulfide) groups is 1. The molecule has 1 saturated heterocycles. The topological polar surface area (TPSA) is 90.2 Å².